The van der Waals surface area contributed by atoms with Crippen LogP contribution in [0, 0.1) is 0 Å². The Balaban J connectivity index is 1.80. The number of carbonyl (C=O) groups is 1. The van der Waals surface area contributed by atoms with Crippen molar-refractivity contribution in [1.29, 1.82) is 0 Å². The Kier molecular flexibility index (Phi) is 3.66. The van der Waals surface area contributed by atoms with Crippen LogP contribution in [0.1, 0.15) is 27.7 Å². The van der Waals surface area contributed by atoms with E-state index < -0.39 is 0 Å². The van der Waals surface area contributed by atoms with Crippen molar-refractivity contribution in [2.45, 2.75) is 6.17 Å². The molecule has 3 rings (SSSR count). The number of amidine groups is 1. The van der Waals surface area contributed by atoms with Gasteiger partial charge in [-0.3, -0.25) is 0 Å². The first kappa shape index (κ1) is 13.3. The summed E-state index contributed by atoms with van der Waals surface area (Å²) in [6.07, 6.45) is -0.110. The first-order chi connectivity index (χ1) is 10.3. The molecule has 0 bridgehead atoms. The molecule has 1 unspecified atom stereocenters. The van der Waals surface area contributed by atoms with Gasteiger partial charge in [0.05, 0.1) is 12.7 Å². The maximum atomic E-state index is 11.4. The number of hydrazine groups is 1. The molecule has 0 saturated heterocycles. The van der Waals surface area contributed by atoms with Crippen LogP contribution in [-0.2, 0) is 4.74 Å². The SMILES string of the molecule is COC(=O)c1ccc(C2=NC(c3ccccc3)NN2)cc1. The van der Waals surface area contributed by atoms with E-state index in [2.05, 4.69) is 20.6 Å². The summed E-state index contributed by atoms with van der Waals surface area (Å²) in [5.41, 5.74) is 8.71. The lowest BCUT2D eigenvalue weighted by molar-refractivity contribution is 0.0600. The zero-order valence-electron chi connectivity index (χ0n) is 11.5. The van der Waals surface area contributed by atoms with Crippen molar-refractivity contribution in [2.24, 2.45) is 4.99 Å². The minimum absolute atomic E-state index is 0.110. The largest absolute Gasteiger partial charge is 0.465 e. The normalized spacial score (nSPS) is 17.0. The molecule has 1 atom stereocenters. The third kappa shape index (κ3) is 2.78. The Hall–Kier alpha value is -2.66. The molecule has 106 valence electrons. The van der Waals surface area contributed by atoms with Crippen LogP contribution >= 0.6 is 0 Å². The molecule has 2 aromatic rings. The number of nitrogens with one attached hydrogen (secondary N) is 2. The van der Waals surface area contributed by atoms with Crippen molar-refractivity contribution in [1.82, 2.24) is 10.9 Å². The molecule has 21 heavy (non-hydrogen) atoms. The quantitative estimate of drug-likeness (QED) is 0.845. The molecule has 0 aromatic heterocycles. The average molecular weight is 281 g/mol. The Bertz CT molecular complexity index is 666. The predicted molar refractivity (Wildman–Crippen MR) is 79.8 cm³/mol. The van der Waals surface area contributed by atoms with E-state index in [9.17, 15) is 4.79 Å². The second kappa shape index (κ2) is 5.76. The summed E-state index contributed by atoms with van der Waals surface area (Å²) in [4.78, 5) is 16.0. The zero-order chi connectivity index (χ0) is 14.7. The van der Waals surface area contributed by atoms with Gasteiger partial charge >= 0.3 is 5.97 Å². The van der Waals surface area contributed by atoms with Gasteiger partial charge in [-0.1, -0.05) is 42.5 Å². The van der Waals surface area contributed by atoms with Gasteiger partial charge in [0, 0.05) is 5.56 Å². The molecule has 0 radical (unpaired) electrons. The van der Waals surface area contributed by atoms with Crippen LogP contribution in [0.3, 0.4) is 0 Å². The molecule has 0 amide bonds. The van der Waals surface area contributed by atoms with Crippen LogP contribution < -0.4 is 10.9 Å². The summed E-state index contributed by atoms with van der Waals surface area (Å²) < 4.78 is 4.68. The minimum atomic E-state index is -0.344. The van der Waals surface area contributed by atoms with Crippen LogP contribution in [-0.4, -0.2) is 18.9 Å². The van der Waals surface area contributed by atoms with Gasteiger partial charge in [-0.25, -0.2) is 15.2 Å². The smallest absolute Gasteiger partial charge is 0.337 e. The second-order valence-corrected chi connectivity index (χ2v) is 4.63. The van der Waals surface area contributed by atoms with Crippen molar-refractivity contribution in [3.8, 4) is 0 Å². The number of esters is 1. The fourth-order valence-corrected chi connectivity index (χ4v) is 2.15. The van der Waals surface area contributed by atoms with Crippen molar-refractivity contribution in [3.05, 3.63) is 71.3 Å². The maximum absolute atomic E-state index is 11.4. The number of benzene rings is 2. The maximum Gasteiger partial charge on any atom is 0.337 e. The average Bonchev–Trinajstić information content (AvgIpc) is 3.05. The molecular weight excluding hydrogens is 266 g/mol. The molecule has 5 nitrogen and oxygen atoms in total. The summed E-state index contributed by atoms with van der Waals surface area (Å²) in [5, 5.41) is 0. The summed E-state index contributed by atoms with van der Waals surface area (Å²) in [6, 6.07) is 17.1. The van der Waals surface area contributed by atoms with Crippen molar-refractivity contribution >= 4 is 11.8 Å². The van der Waals surface area contributed by atoms with Gasteiger partial charge in [0.15, 0.2) is 0 Å². The Morgan fingerprint density at radius 2 is 1.81 bits per heavy atom. The van der Waals surface area contributed by atoms with Gasteiger partial charge in [-0.2, -0.15) is 0 Å². The molecule has 0 spiro atoms. The highest BCUT2D eigenvalue weighted by molar-refractivity contribution is 6.00. The third-order valence-electron chi connectivity index (χ3n) is 3.28. The van der Waals surface area contributed by atoms with Gasteiger partial charge < -0.3 is 10.2 Å². The molecule has 1 heterocycles. The molecule has 2 N–H and O–H groups in total. The van der Waals surface area contributed by atoms with Gasteiger partial charge in [0.2, 0.25) is 0 Å². The van der Waals surface area contributed by atoms with Crippen LogP contribution in [0.5, 0.6) is 0 Å². The monoisotopic (exact) mass is 281 g/mol. The topological polar surface area (TPSA) is 62.7 Å². The molecule has 1 aliphatic rings. The van der Waals surface area contributed by atoms with Crippen molar-refractivity contribution in [3.63, 3.8) is 0 Å². The van der Waals surface area contributed by atoms with Gasteiger partial charge in [-0.05, 0) is 17.7 Å². The number of ether oxygens (including phenoxy) is 1. The van der Waals surface area contributed by atoms with Crippen LogP contribution in [0.25, 0.3) is 0 Å². The second-order valence-electron chi connectivity index (χ2n) is 4.63. The number of aliphatic imine (C=N–C) groups is 1. The predicted octanol–water partition coefficient (Wildman–Crippen LogP) is 2.03. The number of methoxy groups -OCH3 is 1. The Morgan fingerprint density at radius 1 is 1.10 bits per heavy atom. The minimum Gasteiger partial charge on any atom is -0.465 e. The number of hydrogen-bond acceptors (Lipinski definition) is 5. The van der Waals surface area contributed by atoms with E-state index in [1.165, 1.54) is 7.11 Å². The van der Waals surface area contributed by atoms with E-state index >= 15 is 0 Å². The van der Waals surface area contributed by atoms with E-state index in [1.807, 2.05) is 42.5 Å². The van der Waals surface area contributed by atoms with E-state index in [1.54, 1.807) is 12.1 Å². The lowest BCUT2D eigenvalue weighted by Gasteiger charge is -2.06. The van der Waals surface area contributed by atoms with Gasteiger partial charge in [0.1, 0.15) is 12.0 Å². The molecule has 1 aliphatic heterocycles. The van der Waals surface area contributed by atoms with Crippen LogP contribution in [0.4, 0.5) is 0 Å². The molecule has 2 aromatic carbocycles. The number of hydrogen-bond donors (Lipinski definition) is 2. The summed E-state index contributed by atoms with van der Waals surface area (Å²) in [7, 11) is 1.37. The fraction of sp³-hybridized carbons (Fsp3) is 0.125. The molecule has 0 fully saturated rings. The first-order valence-electron chi connectivity index (χ1n) is 6.61. The highest BCUT2D eigenvalue weighted by atomic mass is 16.5. The number of carbonyl (C=O) groups excluding carboxylic acids is 1. The lowest BCUT2D eigenvalue weighted by atomic mass is 10.1. The van der Waals surface area contributed by atoms with E-state index in [-0.39, 0.29) is 12.1 Å². The number of rotatable bonds is 3. The van der Waals surface area contributed by atoms with Gasteiger partial charge in [-0.15, -0.1) is 0 Å². The van der Waals surface area contributed by atoms with Crippen molar-refractivity contribution in [2.75, 3.05) is 7.11 Å². The molecule has 0 saturated carbocycles. The molecule has 5 heteroatoms. The van der Waals surface area contributed by atoms with Crippen LogP contribution in [0.2, 0.25) is 0 Å². The van der Waals surface area contributed by atoms with E-state index in [0.717, 1.165) is 17.0 Å². The standard InChI is InChI=1S/C16H15N3O2/c1-21-16(20)13-9-7-12(8-10-13)15-17-14(18-19-15)11-5-3-2-4-6-11/h2-10,14,18H,1H3,(H,17,19). The Labute approximate surface area is 122 Å². The Morgan fingerprint density at radius 3 is 2.48 bits per heavy atom. The highest BCUT2D eigenvalue weighted by Gasteiger charge is 2.18. The van der Waals surface area contributed by atoms with E-state index in [0.29, 0.717) is 5.56 Å². The van der Waals surface area contributed by atoms with Crippen molar-refractivity contribution < 1.29 is 9.53 Å². The zero-order valence-corrected chi connectivity index (χ0v) is 11.5. The summed E-state index contributed by atoms with van der Waals surface area (Å²) in [5.74, 6) is 0.406. The van der Waals surface area contributed by atoms with Crippen LogP contribution in [0.15, 0.2) is 59.6 Å². The molecular formula is C16H15N3O2. The van der Waals surface area contributed by atoms with Gasteiger partial charge in [0.25, 0.3) is 0 Å². The lowest BCUT2D eigenvalue weighted by Crippen LogP contribution is -2.31. The first-order valence-corrected chi connectivity index (χ1v) is 6.61. The highest BCUT2D eigenvalue weighted by Crippen LogP contribution is 2.18. The molecule has 0 aliphatic carbocycles. The van der Waals surface area contributed by atoms with E-state index in [4.69, 9.17) is 0 Å². The number of nitrogens with zero attached hydrogens (tertiary/aromatic N) is 1. The third-order valence-corrected chi connectivity index (χ3v) is 3.28. The summed E-state index contributed by atoms with van der Waals surface area (Å²) in [6.45, 7) is 0. The summed E-state index contributed by atoms with van der Waals surface area (Å²) >= 11 is 0. The fourth-order valence-electron chi connectivity index (χ4n) is 2.15.